The first-order chi connectivity index (χ1) is 19.5. The number of ether oxygens (including phenoxy) is 1. The topological polar surface area (TPSA) is 66.0 Å². The molecule has 1 atom stereocenters. The summed E-state index contributed by atoms with van der Waals surface area (Å²) in [6, 6.07) is 14.6. The van der Waals surface area contributed by atoms with E-state index >= 15 is 0 Å². The monoisotopic (exact) mass is 556 g/mol. The lowest BCUT2D eigenvalue weighted by Crippen LogP contribution is -2.48. The van der Waals surface area contributed by atoms with Gasteiger partial charge in [-0.2, -0.15) is 0 Å². The minimum absolute atomic E-state index is 0.0176. The molecule has 2 amide bonds. The van der Waals surface area contributed by atoms with Gasteiger partial charge in [0.2, 0.25) is 5.91 Å². The highest BCUT2D eigenvalue weighted by atomic mass is 32.1. The molecule has 0 N–H and O–H groups in total. The fraction of sp³-hybridized carbons (Fsp3) is 0.406. The Bertz CT molecular complexity index is 1410. The van der Waals surface area contributed by atoms with E-state index in [2.05, 4.69) is 64.7 Å². The Hall–Kier alpha value is -3.49. The lowest BCUT2D eigenvalue weighted by molar-refractivity contribution is -0.134. The smallest absolute Gasteiger partial charge is 0.273 e. The van der Waals surface area contributed by atoms with Gasteiger partial charge in [0.05, 0.1) is 6.04 Å². The molecule has 3 heterocycles. The Kier molecular flexibility index (Phi) is 7.71. The van der Waals surface area contributed by atoms with Crippen LogP contribution in [0.3, 0.4) is 0 Å². The molecule has 1 unspecified atom stereocenters. The zero-order chi connectivity index (χ0) is 27.6. The number of rotatable bonds is 8. The van der Waals surface area contributed by atoms with Gasteiger partial charge in [-0.1, -0.05) is 42.0 Å². The second kappa shape index (κ2) is 11.6. The highest BCUT2D eigenvalue weighted by molar-refractivity contribution is 7.09. The lowest BCUT2D eigenvalue weighted by Gasteiger charge is -2.38. The Labute approximate surface area is 240 Å². The van der Waals surface area contributed by atoms with Crippen LogP contribution in [-0.2, 0) is 17.8 Å². The molecule has 40 heavy (non-hydrogen) atoms. The van der Waals surface area contributed by atoms with Crippen LogP contribution in [0.2, 0.25) is 0 Å². The molecular formula is C32H36N4O3S. The highest BCUT2D eigenvalue weighted by Crippen LogP contribution is 2.41. The predicted octanol–water partition coefficient (Wildman–Crippen LogP) is 4.86. The van der Waals surface area contributed by atoms with Crippen LogP contribution in [0.25, 0.3) is 0 Å². The number of piperazine rings is 1. The van der Waals surface area contributed by atoms with E-state index in [1.54, 1.807) is 0 Å². The van der Waals surface area contributed by atoms with Gasteiger partial charge in [0.1, 0.15) is 23.1 Å². The van der Waals surface area contributed by atoms with E-state index in [0.29, 0.717) is 25.4 Å². The van der Waals surface area contributed by atoms with Crippen molar-refractivity contribution >= 4 is 23.2 Å². The van der Waals surface area contributed by atoms with Crippen molar-refractivity contribution in [2.24, 2.45) is 5.92 Å². The maximum Gasteiger partial charge on any atom is 0.273 e. The molecule has 8 heteroatoms. The van der Waals surface area contributed by atoms with Crippen LogP contribution in [0.5, 0.6) is 5.75 Å². The van der Waals surface area contributed by atoms with Gasteiger partial charge in [-0.25, -0.2) is 4.98 Å². The molecule has 1 aliphatic carbocycles. The van der Waals surface area contributed by atoms with Gasteiger partial charge >= 0.3 is 0 Å². The summed E-state index contributed by atoms with van der Waals surface area (Å²) in [6.45, 7) is 10.9. The van der Waals surface area contributed by atoms with Crippen molar-refractivity contribution in [3.63, 3.8) is 0 Å². The molecule has 2 aliphatic heterocycles. The average Bonchev–Trinajstić information content (AvgIpc) is 3.72. The predicted molar refractivity (Wildman–Crippen MR) is 157 cm³/mol. The molecule has 3 aliphatic rings. The summed E-state index contributed by atoms with van der Waals surface area (Å²) in [5.74, 6) is 1.17. The lowest BCUT2D eigenvalue weighted by atomic mass is 9.87. The van der Waals surface area contributed by atoms with E-state index in [-0.39, 0.29) is 23.8 Å². The number of aromatic nitrogens is 1. The van der Waals surface area contributed by atoms with E-state index in [1.807, 2.05) is 22.4 Å². The normalized spacial score (nSPS) is 19.3. The van der Waals surface area contributed by atoms with Crippen molar-refractivity contribution < 1.29 is 14.3 Å². The third kappa shape index (κ3) is 5.69. The van der Waals surface area contributed by atoms with Crippen molar-refractivity contribution in [1.29, 1.82) is 0 Å². The summed E-state index contributed by atoms with van der Waals surface area (Å²) in [7, 11) is 0. The number of carbonyl (C=O) groups is 2. The third-order valence-electron chi connectivity index (χ3n) is 8.09. The Morgan fingerprint density at radius 3 is 2.67 bits per heavy atom. The summed E-state index contributed by atoms with van der Waals surface area (Å²) >= 11 is 1.45. The summed E-state index contributed by atoms with van der Waals surface area (Å²) < 4.78 is 6.20. The van der Waals surface area contributed by atoms with Gasteiger partial charge in [0.25, 0.3) is 5.91 Å². The first kappa shape index (κ1) is 26.7. The maximum atomic E-state index is 13.3. The van der Waals surface area contributed by atoms with E-state index in [1.165, 1.54) is 22.5 Å². The van der Waals surface area contributed by atoms with Crippen LogP contribution in [0.4, 0.5) is 0 Å². The van der Waals surface area contributed by atoms with Crippen LogP contribution in [0.15, 0.2) is 60.5 Å². The summed E-state index contributed by atoms with van der Waals surface area (Å²) in [4.78, 5) is 37.2. The molecule has 6 rings (SSSR count). The maximum absolute atomic E-state index is 13.3. The molecule has 208 valence electrons. The van der Waals surface area contributed by atoms with Crippen molar-refractivity contribution in [1.82, 2.24) is 19.7 Å². The van der Waals surface area contributed by atoms with Crippen LogP contribution in [0, 0.1) is 12.8 Å². The largest absolute Gasteiger partial charge is 0.486 e. The number of carbonyl (C=O) groups excluding carboxylic acids is 2. The van der Waals surface area contributed by atoms with Gasteiger partial charge < -0.3 is 14.5 Å². The van der Waals surface area contributed by atoms with Gasteiger partial charge in [0, 0.05) is 50.6 Å². The first-order valence-corrected chi connectivity index (χ1v) is 15.1. The van der Waals surface area contributed by atoms with Crippen molar-refractivity contribution in [2.75, 3.05) is 39.3 Å². The third-order valence-corrected chi connectivity index (χ3v) is 8.92. The summed E-state index contributed by atoms with van der Waals surface area (Å²) in [5, 5.41) is 2.60. The van der Waals surface area contributed by atoms with Crippen molar-refractivity contribution in [3.8, 4) is 5.75 Å². The quantitative estimate of drug-likeness (QED) is 0.371. The van der Waals surface area contributed by atoms with E-state index in [9.17, 15) is 9.59 Å². The molecule has 1 aromatic heterocycles. The number of nitrogens with zero attached hydrogens (tertiary/aromatic N) is 4. The second-order valence-electron chi connectivity index (χ2n) is 11.0. The number of hydrogen-bond acceptors (Lipinski definition) is 6. The van der Waals surface area contributed by atoms with Crippen molar-refractivity contribution in [2.45, 2.75) is 38.8 Å². The molecule has 7 nitrogen and oxygen atoms in total. The van der Waals surface area contributed by atoms with Gasteiger partial charge in [-0.3, -0.25) is 14.5 Å². The van der Waals surface area contributed by atoms with Crippen molar-refractivity contribution in [3.05, 3.63) is 93.5 Å². The van der Waals surface area contributed by atoms with E-state index < -0.39 is 0 Å². The first-order valence-electron chi connectivity index (χ1n) is 14.2. The molecule has 0 radical (unpaired) electrons. The molecular weight excluding hydrogens is 520 g/mol. The SMILES string of the molecule is C=CCN1CCN(C(=O)c2csc(COc3ccc4c(c3)C(c3cccc(C)c3)N(C(=O)C3CC3)CC4)n2)CC1. The Morgan fingerprint density at radius 2 is 1.93 bits per heavy atom. The molecule has 1 saturated heterocycles. The molecule has 1 saturated carbocycles. The zero-order valence-electron chi connectivity index (χ0n) is 23.1. The number of amides is 2. The summed E-state index contributed by atoms with van der Waals surface area (Å²) in [5.41, 5.74) is 5.20. The molecule has 3 aromatic rings. The minimum atomic E-state index is -0.115. The number of benzene rings is 2. The minimum Gasteiger partial charge on any atom is -0.486 e. The highest BCUT2D eigenvalue weighted by Gasteiger charge is 2.39. The van der Waals surface area contributed by atoms with Gasteiger partial charge in [-0.05, 0) is 55.0 Å². The number of fused-ring (bicyclic) bond motifs is 1. The average molecular weight is 557 g/mol. The van der Waals surface area contributed by atoms with Gasteiger partial charge in [-0.15, -0.1) is 17.9 Å². The van der Waals surface area contributed by atoms with Crippen LogP contribution >= 0.6 is 11.3 Å². The summed E-state index contributed by atoms with van der Waals surface area (Å²) in [6.07, 6.45) is 4.74. The Balaban J connectivity index is 1.16. The van der Waals surface area contributed by atoms with E-state index in [0.717, 1.165) is 67.3 Å². The van der Waals surface area contributed by atoms with Gasteiger partial charge in [0.15, 0.2) is 0 Å². The molecule has 0 spiro atoms. The molecule has 2 fully saturated rings. The second-order valence-corrected chi connectivity index (χ2v) is 12.0. The molecule has 2 aromatic carbocycles. The van der Waals surface area contributed by atoms with Crippen LogP contribution in [0.1, 0.15) is 56.6 Å². The van der Waals surface area contributed by atoms with E-state index in [4.69, 9.17) is 4.74 Å². The number of hydrogen-bond donors (Lipinski definition) is 0. The molecule has 0 bridgehead atoms. The standard InChI is InChI=1S/C32H36N4O3S/c1-3-12-34-14-16-35(17-15-34)32(38)28-21-40-29(33-28)20-39-26-10-9-23-11-13-36(31(37)24-7-8-24)30(27(23)19-26)25-6-4-5-22(2)18-25/h3-6,9-10,18-19,21,24,30H,1,7-8,11-17,20H2,2H3. The van der Waals surface area contributed by atoms with Crippen LogP contribution < -0.4 is 4.74 Å². The fourth-order valence-electron chi connectivity index (χ4n) is 5.78. The number of thiazole rings is 1. The zero-order valence-corrected chi connectivity index (χ0v) is 23.9. The Morgan fingerprint density at radius 1 is 1.10 bits per heavy atom. The van der Waals surface area contributed by atoms with Crippen LogP contribution in [-0.4, -0.2) is 70.8 Å². The fourth-order valence-corrected chi connectivity index (χ4v) is 6.46. The number of aryl methyl sites for hydroxylation is 1.